The van der Waals surface area contributed by atoms with E-state index in [1.54, 1.807) is 4.90 Å². The van der Waals surface area contributed by atoms with Gasteiger partial charge in [-0.2, -0.15) is 0 Å². The molecule has 148 valence electrons. The summed E-state index contributed by atoms with van der Waals surface area (Å²) >= 11 is 1.46. The maximum absolute atomic E-state index is 12.6. The number of nitrogens with zero attached hydrogens (tertiary/aromatic N) is 5. The minimum Gasteiger partial charge on any atom is -0.355 e. The molecule has 3 fully saturated rings. The molecule has 1 aromatic rings. The normalized spacial score (nSPS) is 24.0. The van der Waals surface area contributed by atoms with Crippen molar-refractivity contribution in [3.63, 3.8) is 0 Å². The number of hydrogen-bond acceptors (Lipinski definition) is 7. The number of aromatic nitrogens is 2. The minimum absolute atomic E-state index is 0.00176. The summed E-state index contributed by atoms with van der Waals surface area (Å²) in [5.41, 5.74) is 0. The minimum atomic E-state index is -0.00176. The van der Waals surface area contributed by atoms with E-state index < -0.39 is 0 Å². The third-order valence-corrected chi connectivity index (χ3v) is 6.70. The number of rotatable bonds is 6. The first-order valence-corrected chi connectivity index (χ1v) is 10.9. The summed E-state index contributed by atoms with van der Waals surface area (Å²) in [5.74, 6) is 0.281. The maximum Gasteiger partial charge on any atom is 0.228 e. The van der Waals surface area contributed by atoms with Gasteiger partial charge in [0.1, 0.15) is 0 Å². The smallest absolute Gasteiger partial charge is 0.228 e. The zero-order valence-corrected chi connectivity index (χ0v) is 16.5. The van der Waals surface area contributed by atoms with Crippen LogP contribution >= 0.6 is 11.3 Å². The van der Waals surface area contributed by atoms with Crippen molar-refractivity contribution in [1.29, 1.82) is 0 Å². The number of nitrogens with one attached hydrogen (secondary N) is 1. The van der Waals surface area contributed by atoms with Gasteiger partial charge in [0.25, 0.3) is 0 Å². The molecular formula is C18H28N6O2S. The highest BCUT2D eigenvalue weighted by molar-refractivity contribution is 7.19. The largest absolute Gasteiger partial charge is 0.355 e. The molecule has 0 saturated carbocycles. The second-order valence-electron chi connectivity index (χ2n) is 7.64. The van der Waals surface area contributed by atoms with E-state index in [1.807, 2.05) is 0 Å². The summed E-state index contributed by atoms with van der Waals surface area (Å²) in [6.07, 6.45) is 5.93. The van der Waals surface area contributed by atoms with Crippen molar-refractivity contribution in [2.75, 3.05) is 55.6 Å². The molecule has 0 bridgehead atoms. The molecule has 1 N–H and O–H groups in total. The van der Waals surface area contributed by atoms with Crippen LogP contribution in [0, 0.1) is 5.92 Å². The molecule has 0 aromatic carbocycles. The summed E-state index contributed by atoms with van der Waals surface area (Å²) in [5, 5.41) is 13.1. The van der Waals surface area contributed by atoms with E-state index in [1.165, 1.54) is 24.2 Å². The Hall–Kier alpha value is -1.74. The Morgan fingerprint density at radius 3 is 2.67 bits per heavy atom. The number of anilines is 2. The molecule has 3 aliphatic heterocycles. The number of likely N-dealkylation sites (tertiary alicyclic amines) is 1. The Balaban J connectivity index is 1.29. The monoisotopic (exact) mass is 392 g/mol. The average molecular weight is 393 g/mol. The van der Waals surface area contributed by atoms with Crippen molar-refractivity contribution in [2.24, 2.45) is 5.92 Å². The van der Waals surface area contributed by atoms with E-state index in [-0.39, 0.29) is 17.7 Å². The third-order valence-electron chi connectivity index (χ3n) is 5.70. The average Bonchev–Trinajstić information content (AvgIpc) is 3.43. The Morgan fingerprint density at radius 2 is 1.89 bits per heavy atom. The topological polar surface area (TPSA) is 81.7 Å². The summed E-state index contributed by atoms with van der Waals surface area (Å²) < 4.78 is 0. The molecule has 4 heterocycles. The Bertz CT molecular complexity index is 675. The predicted molar refractivity (Wildman–Crippen MR) is 105 cm³/mol. The Labute approximate surface area is 163 Å². The van der Waals surface area contributed by atoms with E-state index in [9.17, 15) is 9.59 Å². The molecule has 1 atom stereocenters. The zero-order chi connectivity index (χ0) is 18.6. The fraction of sp³-hybridized carbons (Fsp3) is 0.778. The van der Waals surface area contributed by atoms with Crippen LogP contribution in [0.15, 0.2) is 0 Å². The van der Waals surface area contributed by atoms with Gasteiger partial charge >= 0.3 is 0 Å². The molecular weight excluding hydrogens is 364 g/mol. The molecule has 4 rings (SSSR count). The molecule has 0 aliphatic carbocycles. The van der Waals surface area contributed by atoms with E-state index >= 15 is 0 Å². The lowest BCUT2D eigenvalue weighted by atomic mass is 9.97. The second kappa shape index (κ2) is 8.52. The van der Waals surface area contributed by atoms with Gasteiger partial charge in [-0.05, 0) is 45.2 Å². The zero-order valence-electron chi connectivity index (χ0n) is 15.7. The van der Waals surface area contributed by atoms with Gasteiger partial charge in [0.2, 0.25) is 22.1 Å². The lowest BCUT2D eigenvalue weighted by Crippen LogP contribution is -2.44. The molecule has 0 unspecified atom stereocenters. The molecule has 27 heavy (non-hydrogen) atoms. The van der Waals surface area contributed by atoms with E-state index in [0.29, 0.717) is 18.1 Å². The SMILES string of the molecule is O=C(NCCN1CCCC1)[C@H]1CCCN(c2nnc(N3CCCC3=O)s2)C1. The molecule has 9 heteroatoms. The fourth-order valence-electron chi connectivity index (χ4n) is 4.15. The quantitative estimate of drug-likeness (QED) is 0.781. The highest BCUT2D eigenvalue weighted by atomic mass is 32.1. The van der Waals surface area contributed by atoms with Crippen LogP contribution in [0.5, 0.6) is 0 Å². The molecule has 2 amide bonds. The summed E-state index contributed by atoms with van der Waals surface area (Å²) in [6, 6.07) is 0. The van der Waals surface area contributed by atoms with Gasteiger partial charge in [-0.25, -0.2) is 0 Å². The lowest BCUT2D eigenvalue weighted by molar-refractivity contribution is -0.125. The van der Waals surface area contributed by atoms with Crippen LogP contribution in [0.1, 0.15) is 38.5 Å². The summed E-state index contributed by atoms with van der Waals surface area (Å²) in [4.78, 5) is 30.7. The van der Waals surface area contributed by atoms with Crippen LogP contribution in [0.3, 0.4) is 0 Å². The standard InChI is InChI=1S/C18H28N6O2S/c25-15-6-4-11-24(15)18-21-20-17(27-18)23-10-3-5-14(13-23)16(26)19-7-12-22-8-1-2-9-22/h14H,1-13H2,(H,19,26)/t14-/m0/s1. The first kappa shape index (κ1) is 18.6. The first-order chi connectivity index (χ1) is 13.2. The predicted octanol–water partition coefficient (Wildman–Crippen LogP) is 1.09. The molecule has 8 nitrogen and oxygen atoms in total. The van der Waals surface area contributed by atoms with Crippen LogP contribution in [0.2, 0.25) is 0 Å². The number of hydrogen-bond donors (Lipinski definition) is 1. The van der Waals surface area contributed by atoms with Crippen molar-refractivity contribution in [3.05, 3.63) is 0 Å². The van der Waals surface area contributed by atoms with Crippen LogP contribution in [0.25, 0.3) is 0 Å². The van der Waals surface area contributed by atoms with Gasteiger partial charge in [-0.15, -0.1) is 10.2 Å². The summed E-state index contributed by atoms with van der Waals surface area (Å²) in [6.45, 7) is 6.30. The molecule has 3 saturated heterocycles. The maximum atomic E-state index is 12.6. The van der Waals surface area contributed by atoms with Crippen molar-refractivity contribution < 1.29 is 9.59 Å². The van der Waals surface area contributed by atoms with E-state index in [2.05, 4.69) is 25.3 Å². The van der Waals surface area contributed by atoms with Gasteiger partial charge in [0, 0.05) is 39.1 Å². The number of piperidine rings is 1. The number of carbonyl (C=O) groups excluding carboxylic acids is 2. The molecule has 0 spiro atoms. The van der Waals surface area contributed by atoms with Gasteiger partial charge in [-0.3, -0.25) is 14.5 Å². The van der Waals surface area contributed by atoms with Crippen molar-refractivity contribution in [2.45, 2.75) is 38.5 Å². The molecule has 3 aliphatic rings. The van der Waals surface area contributed by atoms with Gasteiger partial charge < -0.3 is 15.1 Å². The van der Waals surface area contributed by atoms with Gasteiger partial charge in [0.15, 0.2) is 0 Å². The highest BCUT2D eigenvalue weighted by Crippen LogP contribution is 2.32. The first-order valence-electron chi connectivity index (χ1n) is 10.1. The Morgan fingerprint density at radius 1 is 1.07 bits per heavy atom. The van der Waals surface area contributed by atoms with Crippen molar-refractivity contribution in [1.82, 2.24) is 20.4 Å². The van der Waals surface area contributed by atoms with Crippen LogP contribution in [-0.2, 0) is 9.59 Å². The molecule has 0 radical (unpaired) electrons. The van der Waals surface area contributed by atoms with E-state index in [4.69, 9.17) is 0 Å². The number of amides is 2. The fourth-order valence-corrected chi connectivity index (χ4v) is 5.07. The van der Waals surface area contributed by atoms with Crippen molar-refractivity contribution >= 4 is 33.4 Å². The van der Waals surface area contributed by atoms with Gasteiger partial charge in [-0.1, -0.05) is 11.3 Å². The number of carbonyl (C=O) groups is 2. The van der Waals surface area contributed by atoms with Crippen LogP contribution in [0.4, 0.5) is 10.3 Å². The van der Waals surface area contributed by atoms with Crippen LogP contribution < -0.4 is 15.1 Å². The van der Waals surface area contributed by atoms with E-state index in [0.717, 1.165) is 63.7 Å². The second-order valence-corrected chi connectivity index (χ2v) is 8.58. The van der Waals surface area contributed by atoms with Crippen molar-refractivity contribution in [3.8, 4) is 0 Å². The molecule has 1 aromatic heterocycles. The third kappa shape index (κ3) is 4.40. The van der Waals surface area contributed by atoms with Crippen LogP contribution in [-0.4, -0.2) is 72.7 Å². The highest BCUT2D eigenvalue weighted by Gasteiger charge is 2.30. The summed E-state index contributed by atoms with van der Waals surface area (Å²) in [7, 11) is 0. The van der Waals surface area contributed by atoms with Gasteiger partial charge in [0.05, 0.1) is 5.92 Å². The lowest BCUT2D eigenvalue weighted by Gasteiger charge is -2.31. The Kier molecular flexibility index (Phi) is 5.87.